The molecule has 1 amide bonds. The van der Waals surface area contributed by atoms with Crippen LogP contribution in [0.4, 0.5) is 5.69 Å². The summed E-state index contributed by atoms with van der Waals surface area (Å²) in [6.07, 6.45) is 0. The molecule has 132 valence electrons. The van der Waals surface area contributed by atoms with Gasteiger partial charge in [0.2, 0.25) is 0 Å². The van der Waals surface area contributed by atoms with Crippen LogP contribution in [0.3, 0.4) is 0 Å². The number of ether oxygens (including phenoxy) is 2. The number of hydrogen-bond donors (Lipinski definition) is 1. The van der Waals surface area contributed by atoms with Crippen molar-refractivity contribution in [1.29, 1.82) is 0 Å². The van der Waals surface area contributed by atoms with Crippen molar-refractivity contribution in [2.75, 3.05) is 19.0 Å². The summed E-state index contributed by atoms with van der Waals surface area (Å²) in [7, 11) is 1.29. The van der Waals surface area contributed by atoms with Crippen molar-refractivity contribution in [3.8, 4) is 5.75 Å². The molecule has 1 N–H and O–H groups in total. The molecule has 0 heterocycles. The van der Waals surface area contributed by atoms with Crippen LogP contribution in [-0.2, 0) is 9.53 Å². The quantitative estimate of drug-likeness (QED) is 0.724. The second-order valence-electron chi connectivity index (χ2n) is 5.74. The molecule has 0 saturated carbocycles. The number of rotatable bonds is 6. The summed E-state index contributed by atoms with van der Waals surface area (Å²) < 4.78 is 10.9. The van der Waals surface area contributed by atoms with E-state index in [0.717, 1.165) is 0 Å². The Morgan fingerprint density at radius 1 is 1.12 bits per heavy atom. The van der Waals surface area contributed by atoms with Gasteiger partial charge in [0.1, 0.15) is 5.75 Å². The molecule has 0 radical (unpaired) electrons. The fourth-order valence-electron chi connectivity index (χ4n) is 2.19. The van der Waals surface area contributed by atoms with E-state index in [-0.39, 0.29) is 18.1 Å². The first-order valence-electron chi connectivity index (χ1n) is 7.81. The Labute approximate surface area is 155 Å². The zero-order chi connectivity index (χ0) is 18.4. The van der Waals surface area contributed by atoms with Crippen LogP contribution in [0.5, 0.6) is 5.75 Å². The third kappa shape index (κ3) is 5.32. The van der Waals surface area contributed by atoms with Gasteiger partial charge < -0.3 is 14.8 Å². The van der Waals surface area contributed by atoms with E-state index in [0.29, 0.717) is 21.8 Å². The smallest absolute Gasteiger partial charge is 0.340 e. The molecule has 2 rings (SSSR count). The highest BCUT2D eigenvalue weighted by Gasteiger charge is 2.15. The lowest BCUT2D eigenvalue weighted by molar-refractivity contribution is -0.118. The monoisotopic (exact) mass is 405 g/mol. The molecular formula is C19H20BrNO4. The van der Waals surface area contributed by atoms with Crippen LogP contribution in [0.2, 0.25) is 0 Å². The van der Waals surface area contributed by atoms with Gasteiger partial charge in [0.05, 0.1) is 18.4 Å². The van der Waals surface area contributed by atoms with Crippen LogP contribution in [0, 0.1) is 0 Å². The Morgan fingerprint density at radius 2 is 1.80 bits per heavy atom. The molecule has 0 bridgehead atoms. The van der Waals surface area contributed by atoms with Crippen LogP contribution >= 0.6 is 15.9 Å². The standard InChI is InChI=1S/C19H20BrNO4/c1-12(2)13-4-7-15(8-5-13)25-11-18(22)21-17-9-6-14(20)10-16(17)19(23)24-3/h4-10,12H,11H2,1-3H3,(H,21,22). The minimum atomic E-state index is -0.526. The minimum absolute atomic E-state index is 0.155. The molecule has 0 fully saturated rings. The van der Waals surface area contributed by atoms with Gasteiger partial charge in [-0.15, -0.1) is 0 Å². The van der Waals surface area contributed by atoms with E-state index >= 15 is 0 Å². The van der Waals surface area contributed by atoms with Crippen molar-refractivity contribution >= 4 is 33.5 Å². The second-order valence-corrected chi connectivity index (χ2v) is 6.66. The van der Waals surface area contributed by atoms with Crippen molar-refractivity contribution in [3.05, 3.63) is 58.1 Å². The number of methoxy groups -OCH3 is 1. The van der Waals surface area contributed by atoms with E-state index in [4.69, 9.17) is 9.47 Å². The van der Waals surface area contributed by atoms with E-state index in [1.165, 1.54) is 12.7 Å². The van der Waals surface area contributed by atoms with Crippen LogP contribution in [0.15, 0.2) is 46.9 Å². The molecule has 25 heavy (non-hydrogen) atoms. The highest BCUT2D eigenvalue weighted by molar-refractivity contribution is 9.10. The summed E-state index contributed by atoms with van der Waals surface area (Å²) in [4.78, 5) is 23.9. The molecule has 0 unspecified atom stereocenters. The average molecular weight is 406 g/mol. The largest absolute Gasteiger partial charge is 0.484 e. The van der Waals surface area contributed by atoms with Crippen molar-refractivity contribution in [2.45, 2.75) is 19.8 Å². The number of esters is 1. The maximum Gasteiger partial charge on any atom is 0.340 e. The molecule has 2 aromatic rings. The zero-order valence-electron chi connectivity index (χ0n) is 14.3. The Balaban J connectivity index is 1.99. The third-order valence-electron chi connectivity index (χ3n) is 3.58. The second kappa shape index (κ2) is 8.67. The van der Waals surface area contributed by atoms with Gasteiger partial charge >= 0.3 is 5.97 Å². The molecule has 0 saturated heterocycles. The van der Waals surface area contributed by atoms with Gasteiger partial charge in [-0.2, -0.15) is 0 Å². The first kappa shape index (κ1) is 19.0. The minimum Gasteiger partial charge on any atom is -0.484 e. The van der Waals surface area contributed by atoms with Crippen LogP contribution in [0.1, 0.15) is 35.7 Å². The van der Waals surface area contributed by atoms with Crippen molar-refractivity contribution < 1.29 is 19.1 Å². The van der Waals surface area contributed by atoms with E-state index in [1.807, 2.05) is 24.3 Å². The molecule has 0 aliphatic rings. The summed E-state index contributed by atoms with van der Waals surface area (Å²) in [5.74, 6) is 0.164. The Morgan fingerprint density at radius 3 is 2.40 bits per heavy atom. The molecule has 0 spiro atoms. The van der Waals surface area contributed by atoms with E-state index in [2.05, 4.69) is 35.1 Å². The van der Waals surface area contributed by atoms with Crippen molar-refractivity contribution in [3.63, 3.8) is 0 Å². The summed E-state index contributed by atoms with van der Waals surface area (Å²) >= 11 is 3.29. The summed E-state index contributed by atoms with van der Waals surface area (Å²) in [6, 6.07) is 12.6. The fraction of sp³-hybridized carbons (Fsp3) is 0.263. The predicted molar refractivity (Wildman–Crippen MR) is 100 cm³/mol. The molecular weight excluding hydrogens is 386 g/mol. The highest BCUT2D eigenvalue weighted by atomic mass is 79.9. The average Bonchev–Trinajstić information content (AvgIpc) is 2.61. The number of hydrogen-bond acceptors (Lipinski definition) is 4. The van der Waals surface area contributed by atoms with Gasteiger partial charge in [-0.1, -0.05) is 41.9 Å². The van der Waals surface area contributed by atoms with E-state index in [9.17, 15) is 9.59 Å². The Bertz CT molecular complexity index is 757. The molecule has 0 aromatic heterocycles. The first-order valence-corrected chi connectivity index (χ1v) is 8.60. The van der Waals surface area contributed by atoms with Gasteiger partial charge in [-0.3, -0.25) is 4.79 Å². The number of nitrogens with one attached hydrogen (secondary N) is 1. The Kier molecular flexibility index (Phi) is 6.58. The highest BCUT2D eigenvalue weighted by Crippen LogP contribution is 2.22. The molecule has 5 nitrogen and oxygen atoms in total. The number of amides is 1. The van der Waals surface area contributed by atoms with E-state index < -0.39 is 5.97 Å². The normalized spacial score (nSPS) is 10.4. The van der Waals surface area contributed by atoms with Gasteiger partial charge in [0, 0.05) is 4.47 Å². The van der Waals surface area contributed by atoms with Crippen LogP contribution < -0.4 is 10.1 Å². The molecule has 0 atom stereocenters. The topological polar surface area (TPSA) is 64.6 Å². The SMILES string of the molecule is COC(=O)c1cc(Br)ccc1NC(=O)COc1ccc(C(C)C)cc1. The lowest BCUT2D eigenvalue weighted by Gasteiger charge is -2.12. The number of halogens is 1. The van der Waals surface area contributed by atoms with Gasteiger partial charge in [-0.25, -0.2) is 4.79 Å². The molecule has 6 heteroatoms. The zero-order valence-corrected chi connectivity index (χ0v) is 15.9. The van der Waals surface area contributed by atoms with E-state index in [1.54, 1.807) is 18.2 Å². The predicted octanol–water partition coefficient (Wildman–Crippen LogP) is 4.38. The van der Waals surface area contributed by atoms with Crippen molar-refractivity contribution in [2.24, 2.45) is 0 Å². The number of carbonyl (C=O) groups excluding carboxylic acids is 2. The molecule has 2 aromatic carbocycles. The maximum absolute atomic E-state index is 12.1. The van der Waals surface area contributed by atoms with Crippen LogP contribution in [-0.4, -0.2) is 25.6 Å². The summed E-state index contributed by atoms with van der Waals surface area (Å²) in [5, 5.41) is 2.67. The number of carbonyl (C=O) groups is 2. The van der Waals surface area contributed by atoms with Gasteiger partial charge in [-0.05, 0) is 41.8 Å². The van der Waals surface area contributed by atoms with Crippen molar-refractivity contribution in [1.82, 2.24) is 0 Å². The number of anilines is 1. The first-order chi connectivity index (χ1) is 11.9. The lowest BCUT2D eigenvalue weighted by atomic mass is 10.0. The fourth-order valence-corrected chi connectivity index (χ4v) is 2.55. The third-order valence-corrected chi connectivity index (χ3v) is 4.07. The molecule has 0 aliphatic carbocycles. The number of benzene rings is 2. The lowest BCUT2D eigenvalue weighted by Crippen LogP contribution is -2.21. The Hall–Kier alpha value is -2.34. The van der Waals surface area contributed by atoms with Gasteiger partial charge in [0.15, 0.2) is 6.61 Å². The summed E-state index contributed by atoms with van der Waals surface area (Å²) in [5.41, 5.74) is 1.85. The van der Waals surface area contributed by atoms with Crippen LogP contribution in [0.25, 0.3) is 0 Å². The molecule has 0 aliphatic heterocycles. The van der Waals surface area contributed by atoms with Gasteiger partial charge in [0.25, 0.3) is 5.91 Å². The maximum atomic E-state index is 12.1. The summed E-state index contributed by atoms with van der Waals surface area (Å²) in [6.45, 7) is 4.07.